The number of allylic oxidation sites excluding steroid dienone is 1. The van der Waals surface area contributed by atoms with Gasteiger partial charge in [-0.25, -0.2) is 4.39 Å². The zero-order valence-electron chi connectivity index (χ0n) is 17.3. The van der Waals surface area contributed by atoms with E-state index in [4.69, 9.17) is 4.74 Å². The van der Waals surface area contributed by atoms with Gasteiger partial charge in [-0.2, -0.15) is 0 Å². The van der Waals surface area contributed by atoms with E-state index in [1.165, 1.54) is 56.6 Å². The SMILES string of the molecule is C/C=C/COc1cc(F)c2cc([C@@H]3CC[C@@H]4CC(CC)CCC4C3)ccc2c1. The lowest BCUT2D eigenvalue weighted by Crippen LogP contribution is -2.30. The summed E-state index contributed by atoms with van der Waals surface area (Å²) in [6, 6.07) is 9.88. The summed E-state index contributed by atoms with van der Waals surface area (Å²) in [4.78, 5) is 0. The van der Waals surface area contributed by atoms with Crippen molar-refractivity contribution in [3.8, 4) is 5.75 Å². The molecule has 2 fully saturated rings. The van der Waals surface area contributed by atoms with Crippen LogP contribution >= 0.6 is 0 Å². The molecule has 0 amide bonds. The molecular formula is C26H33FO. The maximum Gasteiger partial charge on any atom is 0.134 e. The van der Waals surface area contributed by atoms with Gasteiger partial charge in [-0.3, -0.25) is 0 Å². The molecule has 2 aromatic carbocycles. The molecule has 28 heavy (non-hydrogen) atoms. The normalized spacial score (nSPS) is 27.8. The minimum atomic E-state index is -0.174. The number of halogens is 1. The Labute approximate surface area is 169 Å². The fraction of sp³-hybridized carbons (Fsp3) is 0.538. The second kappa shape index (κ2) is 8.68. The van der Waals surface area contributed by atoms with Gasteiger partial charge in [0.15, 0.2) is 0 Å². The number of ether oxygens (including phenoxy) is 1. The fourth-order valence-corrected chi connectivity index (χ4v) is 5.54. The van der Waals surface area contributed by atoms with Crippen molar-refractivity contribution >= 4 is 10.8 Å². The van der Waals surface area contributed by atoms with Crippen LogP contribution in [0.4, 0.5) is 4.39 Å². The highest BCUT2D eigenvalue weighted by Gasteiger charge is 2.35. The van der Waals surface area contributed by atoms with Crippen LogP contribution in [0.2, 0.25) is 0 Å². The first-order chi connectivity index (χ1) is 13.7. The van der Waals surface area contributed by atoms with E-state index in [9.17, 15) is 4.39 Å². The number of rotatable bonds is 5. The van der Waals surface area contributed by atoms with E-state index < -0.39 is 0 Å². The average molecular weight is 381 g/mol. The highest BCUT2D eigenvalue weighted by molar-refractivity contribution is 5.85. The number of fused-ring (bicyclic) bond motifs is 2. The van der Waals surface area contributed by atoms with E-state index in [-0.39, 0.29) is 5.82 Å². The molecule has 0 spiro atoms. The Hall–Kier alpha value is -1.83. The molecule has 0 saturated heterocycles. The van der Waals surface area contributed by atoms with Crippen LogP contribution in [0, 0.1) is 23.6 Å². The first kappa shape index (κ1) is 19.5. The summed E-state index contributed by atoms with van der Waals surface area (Å²) in [5.74, 6) is 3.79. The highest BCUT2D eigenvalue weighted by atomic mass is 19.1. The summed E-state index contributed by atoms with van der Waals surface area (Å²) >= 11 is 0. The third-order valence-electron chi connectivity index (χ3n) is 7.25. The molecule has 0 bridgehead atoms. The summed E-state index contributed by atoms with van der Waals surface area (Å²) in [7, 11) is 0. The molecule has 0 N–H and O–H groups in total. The second-order valence-corrected chi connectivity index (χ2v) is 8.88. The van der Waals surface area contributed by atoms with Crippen LogP contribution in [-0.2, 0) is 0 Å². The van der Waals surface area contributed by atoms with Crippen molar-refractivity contribution in [2.75, 3.05) is 6.61 Å². The Bertz CT molecular complexity index is 840. The number of hydrogen-bond acceptors (Lipinski definition) is 1. The standard InChI is InChI=1S/C26H33FO/c1-3-5-12-28-24-15-23-11-10-22(16-25(23)26(27)17-24)21-9-8-19-13-18(4-2)6-7-20(19)14-21/h3,5,10-11,15-21H,4,6-9,12-14H2,1-2H3/b5-3+/t18?,19-,20?,21-/m1/s1. The quantitative estimate of drug-likeness (QED) is 0.484. The van der Waals surface area contributed by atoms with Gasteiger partial charge in [-0.05, 0) is 85.8 Å². The van der Waals surface area contributed by atoms with Gasteiger partial charge in [-0.1, -0.05) is 44.1 Å². The van der Waals surface area contributed by atoms with Gasteiger partial charge in [0.1, 0.15) is 18.2 Å². The van der Waals surface area contributed by atoms with Crippen molar-refractivity contribution < 1.29 is 9.13 Å². The van der Waals surface area contributed by atoms with Crippen LogP contribution in [0.15, 0.2) is 42.5 Å². The van der Waals surface area contributed by atoms with Crippen LogP contribution in [-0.4, -0.2) is 6.61 Å². The lowest BCUT2D eigenvalue weighted by molar-refractivity contribution is 0.116. The Kier molecular flexibility index (Phi) is 6.04. The van der Waals surface area contributed by atoms with Crippen molar-refractivity contribution in [1.29, 1.82) is 0 Å². The Balaban J connectivity index is 1.50. The summed E-state index contributed by atoms with van der Waals surface area (Å²) < 4.78 is 20.4. The van der Waals surface area contributed by atoms with Gasteiger partial charge in [0.05, 0.1) is 0 Å². The van der Waals surface area contributed by atoms with Gasteiger partial charge in [0.2, 0.25) is 0 Å². The summed E-state index contributed by atoms with van der Waals surface area (Å²) in [6.07, 6.45) is 13.4. The summed E-state index contributed by atoms with van der Waals surface area (Å²) in [5, 5.41) is 1.66. The lowest BCUT2D eigenvalue weighted by atomic mass is 9.63. The molecule has 0 heterocycles. The molecule has 2 saturated carbocycles. The predicted molar refractivity (Wildman–Crippen MR) is 115 cm³/mol. The zero-order chi connectivity index (χ0) is 19.5. The molecule has 4 atom stereocenters. The van der Waals surface area contributed by atoms with Crippen molar-refractivity contribution in [1.82, 2.24) is 0 Å². The van der Waals surface area contributed by atoms with Crippen LogP contribution in [0.5, 0.6) is 5.75 Å². The summed E-state index contributed by atoms with van der Waals surface area (Å²) in [6.45, 7) is 4.77. The van der Waals surface area contributed by atoms with Crippen molar-refractivity contribution in [3.05, 3.63) is 53.9 Å². The third kappa shape index (κ3) is 4.11. The molecule has 2 aromatic rings. The maximum absolute atomic E-state index is 14.8. The smallest absolute Gasteiger partial charge is 0.134 e. The first-order valence-corrected chi connectivity index (χ1v) is 11.1. The van der Waals surface area contributed by atoms with Crippen molar-refractivity contribution in [3.63, 3.8) is 0 Å². The van der Waals surface area contributed by atoms with Crippen LogP contribution in [0.3, 0.4) is 0 Å². The molecule has 150 valence electrons. The van der Waals surface area contributed by atoms with Crippen molar-refractivity contribution in [2.24, 2.45) is 17.8 Å². The zero-order valence-corrected chi connectivity index (χ0v) is 17.3. The van der Waals surface area contributed by atoms with Crippen LogP contribution < -0.4 is 4.74 Å². The lowest BCUT2D eigenvalue weighted by Gasteiger charge is -2.42. The molecule has 0 aromatic heterocycles. The number of benzene rings is 2. The second-order valence-electron chi connectivity index (χ2n) is 8.88. The number of hydrogen-bond donors (Lipinski definition) is 0. The van der Waals surface area contributed by atoms with Gasteiger partial charge >= 0.3 is 0 Å². The molecule has 2 aliphatic carbocycles. The Morgan fingerprint density at radius 1 is 1.04 bits per heavy atom. The van der Waals surface area contributed by atoms with E-state index in [0.29, 0.717) is 18.3 Å². The molecule has 0 aliphatic heterocycles. The summed E-state index contributed by atoms with van der Waals surface area (Å²) in [5.41, 5.74) is 1.32. The van der Waals surface area contributed by atoms with E-state index >= 15 is 0 Å². The van der Waals surface area contributed by atoms with Gasteiger partial charge in [0, 0.05) is 11.5 Å². The van der Waals surface area contributed by atoms with E-state index in [1.54, 1.807) is 0 Å². The van der Waals surface area contributed by atoms with Crippen LogP contribution in [0.25, 0.3) is 10.8 Å². The average Bonchev–Trinajstić information content (AvgIpc) is 2.73. The van der Waals surface area contributed by atoms with E-state index in [0.717, 1.165) is 28.5 Å². The van der Waals surface area contributed by atoms with Gasteiger partial charge < -0.3 is 4.74 Å². The Morgan fingerprint density at radius 2 is 1.86 bits per heavy atom. The van der Waals surface area contributed by atoms with Gasteiger partial charge in [0.25, 0.3) is 0 Å². The molecule has 2 unspecified atom stereocenters. The molecule has 2 heteroatoms. The van der Waals surface area contributed by atoms with E-state index in [1.807, 2.05) is 25.1 Å². The fourth-order valence-electron chi connectivity index (χ4n) is 5.54. The van der Waals surface area contributed by atoms with Gasteiger partial charge in [-0.15, -0.1) is 0 Å². The largest absolute Gasteiger partial charge is 0.489 e. The molecule has 2 aliphatic rings. The molecule has 0 radical (unpaired) electrons. The minimum absolute atomic E-state index is 0.174. The predicted octanol–water partition coefficient (Wildman–Crippen LogP) is 7.64. The molecule has 4 rings (SSSR count). The van der Waals surface area contributed by atoms with Crippen LogP contribution in [0.1, 0.15) is 70.3 Å². The monoisotopic (exact) mass is 380 g/mol. The van der Waals surface area contributed by atoms with E-state index in [2.05, 4.69) is 25.1 Å². The third-order valence-corrected chi connectivity index (χ3v) is 7.25. The first-order valence-electron chi connectivity index (χ1n) is 11.1. The highest BCUT2D eigenvalue weighted by Crippen LogP contribution is 2.48. The topological polar surface area (TPSA) is 9.23 Å². The molecular weight excluding hydrogens is 347 g/mol. The van der Waals surface area contributed by atoms with Crippen molar-refractivity contribution in [2.45, 2.75) is 64.7 Å². The minimum Gasteiger partial charge on any atom is -0.489 e. The maximum atomic E-state index is 14.8. The molecule has 1 nitrogen and oxygen atoms in total. The Morgan fingerprint density at radius 3 is 2.68 bits per heavy atom.